The number of benzene rings is 1. The Bertz CT molecular complexity index is 817. The van der Waals surface area contributed by atoms with E-state index in [1.807, 2.05) is 0 Å². The second kappa shape index (κ2) is 11.5. The minimum absolute atomic E-state index is 0.100. The van der Waals surface area contributed by atoms with Gasteiger partial charge in [-0.1, -0.05) is 38.2 Å². The quantitative estimate of drug-likeness (QED) is 0.199. The molecule has 0 atom stereocenters. The van der Waals surface area contributed by atoms with Gasteiger partial charge in [0.05, 0.1) is 5.41 Å². The fraction of sp³-hybridized carbons (Fsp3) is 0.724. The van der Waals surface area contributed by atoms with E-state index in [2.05, 4.69) is 26.8 Å². The lowest BCUT2D eigenvalue weighted by Gasteiger charge is -2.17. The van der Waals surface area contributed by atoms with E-state index in [-0.39, 0.29) is 11.0 Å². The second-order valence-corrected chi connectivity index (χ2v) is 10.9. The van der Waals surface area contributed by atoms with Gasteiger partial charge >= 0.3 is 5.97 Å². The number of carboxylic acids is 1. The average molecular weight is 457 g/mol. The van der Waals surface area contributed by atoms with Gasteiger partial charge in [-0.2, -0.15) is 0 Å². The summed E-state index contributed by atoms with van der Waals surface area (Å²) >= 11 is 0. The molecule has 2 aliphatic rings. The maximum Gasteiger partial charge on any atom is 0.309 e. The Labute approximate surface area is 200 Å². The van der Waals surface area contributed by atoms with Gasteiger partial charge in [-0.15, -0.1) is 0 Å². The van der Waals surface area contributed by atoms with Crippen molar-refractivity contribution in [2.75, 3.05) is 0 Å². The van der Waals surface area contributed by atoms with Gasteiger partial charge in [0.15, 0.2) is 0 Å². The monoisotopic (exact) mass is 456 g/mol. The van der Waals surface area contributed by atoms with Crippen molar-refractivity contribution in [3.8, 4) is 0 Å². The Morgan fingerprint density at radius 3 is 1.79 bits per heavy atom. The van der Waals surface area contributed by atoms with Crippen LogP contribution >= 0.6 is 0 Å². The summed E-state index contributed by atoms with van der Waals surface area (Å²) in [4.78, 5) is 21.9. The van der Waals surface area contributed by atoms with Crippen LogP contribution in [0.3, 0.4) is 0 Å². The zero-order chi connectivity index (χ0) is 23.9. The Hall–Kier alpha value is -1.84. The first-order valence-electron chi connectivity index (χ1n) is 13.3. The number of rotatable bonds is 17. The number of carbonyl (C=O) groups is 2. The predicted molar refractivity (Wildman–Crippen MR) is 133 cm³/mol. The third kappa shape index (κ3) is 7.07. The average Bonchev–Trinajstić information content (AvgIpc) is 3.71. The molecule has 1 aromatic carbocycles. The molecule has 4 nitrogen and oxygen atoms in total. The second-order valence-electron chi connectivity index (χ2n) is 10.9. The van der Waals surface area contributed by atoms with Crippen molar-refractivity contribution in [1.82, 2.24) is 0 Å². The van der Waals surface area contributed by atoms with Gasteiger partial charge in [0.1, 0.15) is 5.60 Å². The van der Waals surface area contributed by atoms with Crippen LogP contribution in [-0.4, -0.2) is 23.1 Å². The van der Waals surface area contributed by atoms with Gasteiger partial charge in [-0.05, 0) is 119 Å². The topological polar surface area (TPSA) is 63.6 Å². The van der Waals surface area contributed by atoms with E-state index >= 15 is 0 Å². The lowest BCUT2D eigenvalue weighted by molar-refractivity contribution is -0.143. The van der Waals surface area contributed by atoms with E-state index < -0.39 is 5.97 Å². The van der Waals surface area contributed by atoms with Crippen LogP contribution in [0.4, 0.5) is 0 Å². The third-order valence-electron chi connectivity index (χ3n) is 8.53. The molecule has 0 aromatic heterocycles. The summed E-state index contributed by atoms with van der Waals surface area (Å²) < 4.78 is 5.25. The van der Waals surface area contributed by atoms with Crippen LogP contribution in [0, 0.1) is 26.2 Å². The molecule has 0 spiro atoms. The molecule has 1 aromatic rings. The van der Waals surface area contributed by atoms with Gasteiger partial charge in [-0.25, -0.2) is 0 Å². The largest absolute Gasteiger partial charge is 0.481 e. The highest BCUT2D eigenvalue weighted by atomic mass is 16.5. The van der Waals surface area contributed by atoms with E-state index in [4.69, 9.17) is 4.74 Å². The molecule has 0 unspecified atom stereocenters. The number of hydrogen-bond donors (Lipinski definition) is 1. The maximum atomic E-state index is 11.3. The fourth-order valence-corrected chi connectivity index (χ4v) is 5.35. The molecule has 4 heteroatoms. The Morgan fingerprint density at radius 2 is 1.33 bits per heavy atom. The number of ether oxygens (including phenoxy) is 1. The number of carbonyl (C=O) groups excluding carboxylic acids is 1. The van der Waals surface area contributed by atoms with E-state index in [1.54, 1.807) is 0 Å². The Morgan fingerprint density at radius 1 is 0.818 bits per heavy atom. The van der Waals surface area contributed by atoms with E-state index in [9.17, 15) is 14.7 Å². The number of carboxylic acid groups (broad SMARTS) is 1. The zero-order valence-electron chi connectivity index (χ0n) is 21.1. The summed E-state index contributed by atoms with van der Waals surface area (Å²) in [6.07, 6.45) is 17.4. The molecule has 3 rings (SSSR count). The normalized spacial score (nSPS) is 17.5. The van der Waals surface area contributed by atoms with Crippen molar-refractivity contribution in [2.24, 2.45) is 5.41 Å². The summed E-state index contributed by atoms with van der Waals surface area (Å²) in [6, 6.07) is 2.46. The van der Waals surface area contributed by atoms with Crippen molar-refractivity contribution >= 4 is 12.4 Å². The highest BCUT2D eigenvalue weighted by Gasteiger charge is 2.49. The van der Waals surface area contributed by atoms with Crippen molar-refractivity contribution in [3.05, 3.63) is 33.9 Å². The highest BCUT2D eigenvalue weighted by Crippen LogP contribution is 2.50. The Balaban J connectivity index is 1.37. The molecule has 2 fully saturated rings. The van der Waals surface area contributed by atoms with Gasteiger partial charge in [0.2, 0.25) is 0 Å². The summed E-state index contributed by atoms with van der Waals surface area (Å²) in [6.45, 7) is 7.42. The van der Waals surface area contributed by atoms with Crippen LogP contribution in [-0.2, 0) is 27.2 Å². The van der Waals surface area contributed by atoms with E-state index in [0.717, 1.165) is 70.6 Å². The first kappa shape index (κ1) is 25.8. The van der Waals surface area contributed by atoms with Crippen LogP contribution in [0.15, 0.2) is 6.07 Å². The van der Waals surface area contributed by atoms with Crippen LogP contribution in [0.5, 0.6) is 0 Å². The lowest BCUT2D eigenvalue weighted by atomic mass is 9.89. The number of aryl methyl sites for hydroxylation is 2. The highest BCUT2D eigenvalue weighted by molar-refractivity contribution is 5.77. The van der Waals surface area contributed by atoms with Gasteiger partial charge < -0.3 is 9.84 Å². The molecule has 1 N–H and O–H groups in total. The first-order valence-corrected chi connectivity index (χ1v) is 13.3. The molecule has 0 aliphatic heterocycles. The van der Waals surface area contributed by atoms with Gasteiger partial charge in [-0.3, -0.25) is 9.59 Å². The smallest absolute Gasteiger partial charge is 0.309 e. The summed E-state index contributed by atoms with van der Waals surface area (Å²) in [5.74, 6) is -0.584. The molecular formula is C29H44O4. The first-order chi connectivity index (χ1) is 15.8. The van der Waals surface area contributed by atoms with Crippen LogP contribution in [0.2, 0.25) is 0 Å². The molecule has 2 saturated carbocycles. The molecule has 0 heterocycles. The molecular weight excluding hydrogens is 412 g/mol. The molecule has 0 saturated heterocycles. The Kier molecular flexibility index (Phi) is 9.01. The fourth-order valence-electron chi connectivity index (χ4n) is 5.35. The SMILES string of the molecule is Cc1c(CCCCCCC2(OC=O)CC2)cc(CCCCCCC2(C(=O)O)CC2)c(C)c1C. The number of unbranched alkanes of at least 4 members (excludes halogenated alkanes) is 6. The van der Waals surface area contributed by atoms with Crippen molar-refractivity contribution in [2.45, 2.75) is 129 Å². The van der Waals surface area contributed by atoms with Crippen molar-refractivity contribution in [1.29, 1.82) is 0 Å². The molecule has 184 valence electrons. The lowest BCUT2D eigenvalue weighted by Crippen LogP contribution is -2.14. The van der Waals surface area contributed by atoms with Crippen LogP contribution < -0.4 is 0 Å². The van der Waals surface area contributed by atoms with E-state index in [0.29, 0.717) is 6.47 Å². The third-order valence-corrected chi connectivity index (χ3v) is 8.53. The summed E-state index contributed by atoms with van der Waals surface area (Å²) in [5.41, 5.74) is 6.90. The molecule has 33 heavy (non-hydrogen) atoms. The zero-order valence-corrected chi connectivity index (χ0v) is 21.1. The minimum atomic E-state index is -0.584. The molecule has 0 bridgehead atoms. The molecule has 2 aliphatic carbocycles. The van der Waals surface area contributed by atoms with Crippen LogP contribution in [0.25, 0.3) is 0 Å². The van der Waals surface area contributed by atoms with Gasteiger partial charge in [0.25, 0.3) is 6.47 Å². The predicted octanol–water partition coefficient (Wildman–Crippen LogP) is 7.17. The van der Waals surface area contributed by atoms with E-state index in [1.165, 1.54) is 59.9 Å². The van der Waals surface area contributed by atoms with Crippen molar-refractivity contribution < 1.29 is 19.4 Å². The van der Waals surface area contributed by atoms with Gasteiger partial charge in [0, 0.05) is 0 Å². The minimum Gasteiger partial charge on any atom is -0.481 e. The maximum absolute atomic E-state index is 11.3. The number of hydrogen-bond acceptors (Lipinski definition) is 3. The molecule has 0 radical (unpaired) electrons. The van der Waals surface area contributed by atoms with Crippen LogP contribution in [0.1, 0.15) is 118 Å². The summed E-state index contributed by atoms with van der Waals surface area (Å²) in [5, 5.41) is 9.30. The molecule has 0 amide bonds. The number of aliphatic carboxylic acids is 1. The standard InChI is InChI=1S/C29H44O4/c1-22-23(2)25(12-8-4-6-10-14-28(16-17-28)27(31)32)20-26(24(22)3)13-9-5-7-11-15-29(18-19-29)33-21-30/h20-21H,4-19H2,1-3H3,(H,31,32). The van der Waals surface area contributed by atoms with Crippen molar-refractivity contribution in [3.63, 3.8) is 0 Å². The summed E-state index contributed by atoms with van der Waals surface area (Å²) in [7, 11) is 0.